The van der Waals surface area contributed by atoms with Crippen molar-refractivity contribution in [2.45, 2.75) is 37.1 Å². The van der Waals surface area contributed by atoms with Crippen LogP contribution in [0.15, 0.2) is 17.0 Å². The number of anilines is 1. The van der Waals surface area contributed by atoms with Crippen molar-refractivity contribution < 1.29 is 17.5 Å². The van der Waals surface area contributed by atoms with Crippen molar-refractivity contribution in [3.8, 4) is 0 Å². The maximum Gasteiger partial charge on any atom is 0.244 e. The zero-order valence-corrected chi connectivity index (χ0v) is 12.4. The van der Waals surface area contributed by atoms with Crippen LogP contribution in [0.5, 0.6) is 0 Å². The van der Waals surface area contributed by atoms with E-state index in [1.54, 1.807) is 13.8 Å². The SMILES string of the molecule is Cc1cc(F)c(S(=O)(=O)NC2(C)CCOCC2)cc1N. The second-order valence-electron chi connectivity index (χ2n) is 5.42. The second-order valence-corrected chi connectivity index (χ2v) is 7.07. The summed E-state index contributed by atoms with van der Waals surface area (Å²) in [5.41, 5.74) is 5.82. The molecule has 3 N–H and O–H groups in total. The Morgan fingerprint density at radius 2 is 1.95 bits per heavy atom. The van der Waals surface area contributed by atoms with Gasteiger partial charge in [0.1, 0.15) is 10.7 Å². The fraction of sp³-hybridized carbons (Fsp3) is 0.538. The van der Waals surface area contributed by atoms with Crippen molar-refractivity contribution in [2.24, 2.45) is 0 Å². The fourth-order valence-electron chi connectivity index (χ4n) is 2.18. The van der Waals surface area contributed by atoms with Crippen molar-refractivity contribution >= 4 is 15.7 Å². The average molecular weight is 302 g/mol. The summed E-state index contributed by atoms with van der Waals surface area (Å²) in [5, 5.41) is 0. The molecule has 0 aliphatic carbocycles. The Morgan fingerprint density at radius 1 is 1.35 bits per heavy atom. The zero-order valence-electron chi connectivity index (χ0n) is 11.6. The van der Waals surface area contributed by atoms with Crippen molar-refractivity contribution in [2.75, 3.05) is 18.9 Å². The standard InChI is InChI=1S/C13H19FN2O3S/c1-9-7-10(14)12(8-11(9)15)20(17,18)16-13(2)3-5-19-6-4-13/h7-8,16H,3-6,15H2,1-2H3. The predicted octanol–water partition coefficient (Wildman–Crippen LogP) is 1.56. The molecule has 1 aromatic rings. The highest BCUT2D eigenvalue weighted by Crippen LogP contribution is 2.26. The first-order valence-electron chi connectivity index (χ1n) is 6.41. The maximum atomic E-state index is 13.9. The highest BCUT2D eigenvalue weighted by atomic mass is 32.2. The van der Waals surface area contributed by atoms with E-state index in [0.717, 1.165) is 12.1 Å². The number of ether oxygens (including phenoxy) is 1. The summed E-state index contributed by atoms with van der Waals surface area (Å²) in [6, 6.07) is 2.30. The Balaban J connectivity index is 2.33. The van der Waals surface area contributed by atoms with Crippen LogP contribution in [0.4, 0.5) is 10.1 Å². The van der Waals surface area contributed by atoms with Gasteiger partial charge in [-0.1, -0.05) is 0 Å². The number of halogens is 1. The van der Waals surface area contributed by atoms with E-state index < -0.39 is 26.3 Å². The van der Waals surface area contributed by atoms with E-state index >= 15 is 0 Å². The molecule has 0 atom stereocenters. The Kier molecular flexibility index (Phi) is 4.04. The molecule has 2 rings (SSSR count). The van der Waals surface area contributed by atoms with Gasteiger partial charge in [-0.3, -0.25) is 0 Å². The molecule has 0 bridgehead atoms. The molecule has 0 aromatic heterocycles. The van der Waals surface area contributed by atoms with Crippen molar-refractivity contribution in [1.82, 2.24) is 4.72 Å². The van der Waals surface area contributed by atoms with Crippen LogP contribution in [0, 0.1) is 12.7 Å². The Morgan fingerprint density at radius 3 is 2.55 bits per heavy atom. The minimum atomic E-state index is -3.95. The smallest absolute Gasteiger partial charge is 0.244 e. The van der Waals surface area contributed by atoms with Crippen molar-refractivity contribution in [1.29, 1.82) is 0 Å². The highest BCUT2D eigenvalue weighted by molar-refractivity contribution is 7.89. The highest BCUT2D eigenvalue weighted by Gasteiger charge is 2.33. The van der Waals surface area contributed by atoms with Crippen LogP contribution >= 0.6 is 0 Å². The molecule has 1 heterocycles. The van der Waals surface area contributed by atoms with Crippen LogP contribution in [0.25, 0.3) is 0 Å². The lowest BCUT2D eigenvalue weighted by atomic mass is 9.94. The molecule has 0 amide bonds. The molecular weight excluding hydrogens is 283 g/mol. The molecule has 1 fully saturated rings. The van der Waals surface area contributed by atoms with Gasteiger partial charge in [-0.25, -0.2) is 17.5 Å². The summed E-state index contributed by atoms with van der Waals surface area (Å²) in [4.78, 5) is -0.409. The number of hydrogen-bond acceptors (Lipinski definition) is 4. The van der Waals surface area contributed by atoms with E-state index in [4.69, 9.17) is 10.5 Å². The van der Waals surface area contributed by atoms with Gasteiger partial charge in [0.25, 0.3) is 0 Å². The van der Waals surface area contributed by atoms with Gasteiger partial charge in [-0.15, -0.1) is 0 Å². The van der Waals surface area contributed by atoms with Gasteiger partial charge in [0.05, 0.1) is 0 Å². The lowest BCUT2D eigenvalue weighted by molar-refractivity contribution is 0.0537. The first-order chi connectivity index (χ1) is 9.23. The van der Waals surface area contributed by atoms with Gasteiger partial charge in [-0.05, 0) is 44.4 Å². The van der Waals surface area contributed by atoms with Gasteiger partial charge >= 0.3 is 0 Å². The zero-order chi connectivity index (χ0) is 15.0. The topological polar surface area (TPSA) is 81.4 Å². The van der Waals surface area contributed by atoms with Crippen LogP contribution in [0.3, 0.4) is 0 Å². The van der Waals surface area contributed by atoms with E-state index in [9.17, 15) is 12.8 Å². The summed E-state index contributed by atoms with van der Waals surface area (Å²) in [7, 11) is -3.95. The average Bonchev–Trinajstić information content (AvgIpc) is 2.33. The number of nitrogen functional groups attached to an aromatic ring is 1. The molecular formula is C13H19FN2O3S. The van der Waals surface area contributed by atoms with Crippen LogP contribution in [-0.4, -0.2) is 27.2 Å². The molecule has 0 spiro atoms. The summed E-state index contributed by atoms with van der Waals surface area (Å²) in [6.07, 6.45) is 1.10. The Hall–Kier alpha value is -1.18. The van der Waals surface area contributed by atoms with E-state index in [1.807, 2.05) is 0 Å². The minimum Gasteiger partial charge on any atom is -0.398 e. The number of benzene rings is 1. The van der Waals surface area contributed by atoms with Crippen LogP contribution in [0.2, 0.25) is 0 Å². The van der Waals surface area contributed by atoms with Gasteiger partial charge in [0, 0.05) is 24.4 Å². The van der Waals surface area contributed by atoms with Crippen LogP contribution in [0.1, 0.15) is 25.3 Å². The van der Waals surface area contributed by atoms with E-state index in [-0.39, 0.29) is 5.69 Å². The molecule has 20 heavy (non-hydrogen) atoms. The molecule has 0 unspecified atom stereocenters. The summed E-state index contributed by atoms with van der Waals surface area (Å²) in [5.74, 6) is -0.792. The molecule has 1 aliphatic rings. The van der Waals surface area contributed by atoms with Crippen LogP contribution in [-0.2, 0) is 14.8 Å². The summed E-state index contributed by atoms with van der Waals surface area (Å²) < 4.78 is 46.4. The summed E-state index contributed by atoms with van der Waals surface area (Å²) >= 11 is 0. The van der Waals surface area contributed by atoms with Crippen LogP contribution < -0.4 is 10.5 Å². The lowest BCUT2D eigenvalue weighted by Gasteiger charge is -2.34. The van der Waals surface area contributed by atoms with Gasteiger partial charge in [0.15, 0.2) is 0 Å². The monoisotopic (exact) mass is 302 g/mol. The van der Waals surface area contributed by atoms with Gasteiger partial charge in [0.2, 0.25) is 10.0 Å². The third-order valence-corrected chi connectivity index (χ3v) is 5.24. The van der Waals surface area contributed by atoms with E-state index in [2.05, 4.69) is 4.72 Å². The number of rotatable bonds is 3. The summed E-state index contributed by atoms with van der Waals surface area (Å²) in [6.45, 7) is 4.39. The van der Waals surface area contributed by atoms with Crippen molar-refractivity contribution in [3.63, 3.8) is 0 Å². The van der Waals surface area contributed by atoms with E-state index in [1.165, 1.54) is 0 Å². The quantitative estimate of drug-likeness (QED) is 0.830. The fourth-order valence-corrected chi connectivity index (χ4v) is 3.74. The minimum absolute atomic E-state index is 0.254. The molecule has 0 saturated carbocycles. The molecule has 112 valence electrons. The number of sulfonamides is 1. The third kappa shape index (κ3) is 3.11. The lowest BCUT2D eigenvalue weighted by Crippen LogP contribution is -2.49. The number of nitrogens with one attached hydrogen (secondary N) is 1. The Labute approximate surface area is 118 Å². The number of aryl methyl sites for hydroxylation is 1. The van der Waals surface area contributed by atoms with Gasteiger partial charge < -0.3 is 10.5 Å². The molecule has 1 saturated heterocycles. The molecule has 0 radical (unpaired) electrons. The first-order valence-corrected chi connectivity index (χ1v) is 7.89. The molecule has 1 aliphatic heterocycles. The second kappa shape index (κ2) is 5.31. The molecule has 7 heteroatoms. The Bertz CT molecular complexity index is 610. The van der Waals surface area contributed by atoms with Gasteiger partial charge in [-0.2, -0.15) is 0 Å². The maximum absolute atomic E-state index is 13.9. The van der Waals surface area contributed by atoms with E-state index in [0.29, 0.717) is 31.6 Å². The molecule has 5 nitrogen and oxygen atoms in total. The largest absolute Gasteiger partial charge is 0.398 e. The normalized spacial score (nSPS) is 18.9. The number of hydrogen-bond donors (Lipinski definition) is 2. The molecule has 1 aromatic carbocycles. The number of nitrogens with two attached hydrogens (primary N) is 1. The first kappa shape index (κ1) is 15.2. The third-order valence-electron chi connectivity index (χ3n) is 3.59. The van der Waals surface area contributed by atoms with Crippen molar-refractivity contribution in [3.05, 3.63) is 23.5 Å². The predicted molar refractivity (Wildman–Crippen MR) is 74.3 cm³/mol.